The van der Waals surface area contributed by atoms with Gasteiger partial charge in [-0.25, -0.2) is 8.78 Å². The maximum atomic E-state index is 15.6. The second-order valence-electron chi connectivity index (χ2n) is 14.5. The number of likely N-dealkylation sites (N-methyl/N-ethyl adjacent to an activating group) is 1. The highest BCUT2D eigenvalue weighted by Crippen LogP contribution is 2.45. The molecule has 0 bridgehead atoms. The van der Waals surface area contributed by atoms with Crippen LogP contribution in [0.1, 0.15) is 71.1 Å². The minimum Gasteiger partial charge on any atom is -0.350 e. The van der Waals surface area contributed by atoms with Gasteiger partial charge in [0.25, 0.3) is 0 Å². The highest BCUT2D eigenvalue weighted by molar-refractivity contribution is 6.05. The summed E-state index contributed by atoms with van der Waals surface area (Å²) in [7, 11) is 2.09. The Morgan fingerprint density at radius 3 is 2.43 bits per heavy atom. The lowest BCUT2D eigenvalue weighted by molar-refractivity contribution is -0.140. The van der Waals surface area contributed by atoms with Gasteiger partial charge in [0, 0.05) is 50.4 Å². The summed E-state index contributed by atoms with van der Waals surface area (Å²) in [6, 6.07) is -0.677. The van der Waals surface area contributed by atoms with E-state index < -0.39 is 36.5 Å². The molecule has 2 amide bonds. The number of piperazine rings is 1. The number of rotatable bonds is 6. The first-order valence-corrected chi connectivity index (χ1v) is 17.1. The largest absolute Gasteiger partial charge is 0.350 e. The lowest BCUT2D eigenvalue weighted by Gasteiger charge is -2.46. The average molecular weight is 623 g/mol. The standard InChI is InChI=1S/C32H56F2N8O2/c1-21-20-42(15-14-40(21)2)31(44)22-7-12-41(13-8-22)28-24(34)18-37-19-26(28)39-30(43)27(29(35)36)25-16-32(9-4-3-5-10-32)11-6-23(33)17-38-25/h21-24,26-29,37H,3-20,35-36H2,1-2H3,(H,39,43)/t21-,23?,24?,26?,27?,28?/m1/s1. The number of hydrogen-bond acceptors (Lipinski definition) is 8. The molecule has 1 spiro atoms. The molecule has 5 aliphatic rings. The molecule has 4 heterocycles. The summed E-state index contributed by atoms with van der Waals surface area (Å²) in [6.07, 6.45) is 5.38. The average Bonchev–Trinajstić information content (AvgIpc) is 3.00. The van der Waals surface area contributed by atoms with Gasteiger partial charge in [-0.2, -0.15) is 0 Å². The van der Waals surface area contributed by atoms with E-state index in [4.69, 9.17) is 11.5 Å². The zero-order valence-corrected chi connectivity index (χ0v) is 26.9. The van der Waals surface area contributed by atoms with Crippen molar-refractivity contribution in [2.75, 3.05) is 59.4 Å². The molecule has 6 atom stereocenters. The Morgan fingerprint density at radius 2 is 1.75 bits per heavy atom. The van der Waals surface area contributed by atoms with E-state index in [-0.39, 0.29) is 36.2 Å². The molecule has 1 aliphatic carbocycles. The summed E-state index contributed by atoms with van der Waals surface area (Å²) < 4.78 is 30.3. The number of aliphatic imine (C=N–C) groups is 1. The van der Waals surface area contributed by atoms with Gasteiger partial charge in [-0.1, -0.05) is 19.3 Å². The molecule has 5 rings (SSSR count). The fourth-order valence-electron chi connectivity index (χ4n) is 8.50. The molecule has 250 valence electrons. The number of nitrogens with one attached hydrogen (secondary N) is 2. The summed E-state index contributed by atoms with van der Waals surface area (Å²) >= 11 is 0. The molecule has 12 heteroatoms. The van der Waals surface area contributed by atoms with E-state index in [0.717, 1.165) is 51.7 Å². The van der Waals surface area contributed by atoms with Crippen molar-refractivity contribution in [3.8, 4) is 0 Å². The first-order valence-electron chi connectivity index (χ1n) is 17.1. The number of likely N-dealkylation sites (tertiary alicyclic amines) is 1. The summed E-state index contributed by atoms with van der Waals surface area (Å²) in [4.78, 5) is 38.3. The molecule has 4 aliphatic heterocycles. The normalized spacial score (nSPS) is 33.8. The number of nitrogens with zero attached hydrogens (tertiary/aromatic N) is 4. The van der Waals surface area contributed by atoms with Gasteiger partial charge in [0.15, 0.2) is 0 Å². The van der Waals surface area contributed by atoms with E-state index in [1.165, 1.54) is 6.42 Å². The molecule has 3 saturated heterocycles. The minimum atomic E-state index is -1.18. The van der Waals surface area contributed by atoms with Crippen LogP contribution in [0.25, 0.3) is 0 Å². The summed E-state index contributed by atoms with van der Waals surface area (Å²) in [5.74, 6) is -1.10. The van der Waals surface area contributed by atoms with Crippen molar-refractivity contribution in [2.24, 2.45) is 33.7 Å². The predicted molar refractivity (Wildman–Crippen MR) is 169 cm³/mol. The minimum absolute atomic E-state index is 0.0166. The molecule has 4 fully saturated rings. The van der Waals surface area contributed by atoms with Gasteiger partial charge in [0.05, 0.1) is 24.8 Å². The van der Waals surface area contributed by atoms with Crippen molar-refractivity contribution in [1.29, 1.82) is 0 Å². The van der Waals surface area contributed by atoms with Crippen LogP contribution in [0.4, 0.5) is 8.78 Å². The van der Waals surface area contributed by atoms with Crippen molar-refractivity contribution >= 4 is 17.5 Å². The number of carbonyl (C=O) groups excluding carboxylic acids is 2. The molecule has 1 saturated carbocycles. The monoisotopic (exact) mass is 622 g/mol. The number of halogens is 2. The summed E-state index contributed by atoms with van der Waals surface area (Å²) in [6.45, 7) is 6.36. The van der Waals surface area contributed by atoms with Crippen LogP contribution in [0.15, 0.2) is 4.99 Å². The maximum Gasteiger partial charge on any atom is 0.232 e. The van der Waals surface area contributed by atoms with Gasteiger partial charge in [-0.15, -0.1) is 0 Å². The maximum absolute atomic E-state index is 15.6. The molecule has 6 N–H and O–H groups in total. The van der Waals surface area contributed by atoms with Crippen molar-refractivity contribution < 1.29 is 18.4 Å². The Kier molecular flexibility index (Phi) is 11.3. The first-order chi connectivity index (χ1) is 21.1. The molecule has 0 aromatic carbocycles. The highest BCUT2D eigenvalue weighted by Gasteiger charge is 2.44. The fourth-order valence-corrected chi connectivity index (χ4v) is 8.50. The van der Waals surface area contributed by atoms with Crippen molar-refractivity contribution in [3.05, 3.63) is 0 Å². The van der Waals surface area contributed by atoms with Crippen LogP contribution in [-0.2, 0) is 9.59 Å². The van der Waals surface area contributed by atoms with Crippen molar-refractivity contribution in [1.82, 2.24) is 25.3 Å². The van der Waals surface area contributed by atoms with Gasteiger partial charge in [0.2, 0.25) is 11.8 Å². The molecule has 10 nitrogen and oxygen atoms in total. The van der Waals surface area contributed by atoms with Crippen LogP contribution in [0.2, 0.25) is 0 Å². The third kappa shape index (κ3) is 7.79. The van der Waals surface area contributed by atoms with Gasteiger partial charge in [-0.05, 0) is 77.4 Å². The third-order valence-corrected chi connectivity index (χ3v) is 11.4. The topological polar surface area (TPSA) is 132 Å². The Bertz CT molecular complexity index is 1020. The molecular weight excluding hydrogens is 566 g/mol. The van der Waals surface area contributed by atoms with Crippen LogP contribution in [0.3, 0.4) is 0 Å². The molecule has 0 aromatic rings. The van der Waals surface area contributed by atoms with E-state index in [1.54, 1.807) is 0 Å². The number of piperidine rings is 2. The van der Waals surface area contributed by atoms with E-state index >= 15 is 4.39 Å². The van der Waals surface area contributed by atoms with E-state index in [0.29, 0.717) is 57.1 Å². The fraction of sp³-hybridized carbons (Fsp3) is 0.906. The van der Waals surface area contributed by atoms with Crippen LogP contribution in [0.5, 0.6) is 0 Å². The number of hydrogen-bond donors (Lipinski definition) is 4. The van der Waals surface area contributed by atoms with Crippen LogP contribution < -0.4 is 22.1 Å². The van der Waals surface area contributed by atoms with Crippen LogP contribution in [0, 0.1) is 17.3 Å². The van der Waals surface area contributed by atoms with E-state index in [1.807, 2.05) is 4.90 Å². The van der Waals surface area contributed by atoms with Crippen LogP contribution >= 0.6 is 0 Å². The second kappa shape index (κ2) is 14.8. The number of carbonyl (C=O) groups is 2. The van der Waals surface area contributed by atoms with Crippen molar-refractivity contribution in [3.63, 3.8) is 0 Å². The molecule has 0 radical (unpaired) electrons. The second-order valence-corrected chi connectivity index (χ2v) is 14.5. The van der Waals surface area contributed by atoms with Gasteiger partial charge in [-0.3, -0.25) is 19.5 Å². The molecule has 5 unspecified atom stereocenters. The lowest BCUT2D eigenvalue weighted by atomic mass is 9.66. The Hall–Kier alpha value is -1.73. The smallest absolute Gasteiger partial charge is 0.232 e. The quantitative estimate of drug-likeness (QED) is 0.330. The van der Waals surface area contributed by atoms with Gasteiger partial charge < -0.3 is 31.9 Å². The van der Waals surface area contributed by atoms with Gasteiger partial charge in [0.1, 0.15) is 18.3 Å². The Morgan fingerprint density at radius 1 is 1.02 bits per heavy atom. The number of amides is 2. The summed E-state index contributed by atoms with van der Waals surface area (Å²) in [5, 5.41) is 6.24. The van der Waals surface area contributed by atoms with Gasteiger partial charge >= 0.3 is 0 Å². The van der Waals surface area contributed by atoms with Crippen molar-refractivity contribution in [2.45, 2.75) is 108 Å². The molecular formula is C32H56F2N8O2. The zero-order chi connectivity index (χ0) is 31.4. The number of alkyl halides is 2. The van der Waals surface area contributed by atoms with E-state index in [9.17, 15) is 14.0 Å². The SMILES string of the molecule is C[C@@H]1CN(C(=O)C2CCN(C3C(F)CNCC3NC(=O)C(C3=NCC(F)CCC4(CCCCC4)C3)C(N)N)CC2)CCN1C. The van der Waals surface area contributed by atoms with Crippen LogP contribution in [-0.4, -0.2) is 128 Å². The predicted octanol–water partition coefficient (Wildman–Crippen LogP) is 1.43. The lowest BCUT2D eigenvalue weighted by Crippen LogP contribution is -2.67. The molecule has 0 aromatic heterocycles. The molecule has 44 heavy (non-hydrogen) atoms. The Labute approximate surface area is 262 Å². The third-order valence-electron chi connectivity index (χ3n) is 11.4. The van der Waals surface area contributed by atoms with E-state index in [2.05, 4.69) is 39.4 Å². The number of nitrogens with two attached hydrogens (primary N) is 2. The Balaban J connectivity index is 1.25. The summed E-state index contributed by atoms with van der Waals surface area (Å²) in [5.41, 5.74) is 13.0. The first kappa shape index (κ1) is 33.6. The zero-order valence-electron chi connectivity index (χ0n) is 26.9. The highest BCUT2D eigenvalue weighted by atomic mass is 19.1.